The van der Waals surface area contributed by atoms with Gasteiger partial charge >= 0.3 is 0 Å². The van der Waals surface area contributed by atoms with E-state index in [1.54, 1.807) is 31.2 Å². The molecule has 0 spiro atoms. The lowest BCUT2D eigenvalue weighted by atomic mass is 10.0. The summed E-state index contributed by atoms with van der Waals surface area (Å²) in [4.78, 5) is 16.3. The van der Waals surface area contributed by atoms with E-state index in [4.69, 9.17) is 9.26 Å². The predicted octanol–water partition coefficient (Wildman–Crippen LogP) is 4.99. The maximum atomic E-state index is 13.1. The fourth-order valence-electron chi connectivity index (χ4n) is 2.66. The number of pyridine rings is 1. The van der Waals surface area contributed by atoms with Crippen molar-refractivity contribution >= 4 is 5.78 Å². The number of carbonyl (C=O) groups is 1. The molecule has 0 aliphatic carbocycles. The van der Waals surface area contributed by atoms with Crippen molar-refractivity contribution in [3.05, 3.63) is 65.3 Å². The molecular formula is C21H21FN2O3. The van der Waals surface area contributed by atoms with Crippen molar-refractivity contribution in [3.8, 4) is 17.1 Å². The fraction of sp³-hybridized carbons (Fsp3) is 0.286. The number of Topliss-reactive ketones (excluding diaryl/α,β-unsaturated/α-hetero) is 1. The molecule has 6 heteroatoms. The van der Waals surface area contributed by atoms with Gasteiger partial charge in [0.2, 0.25) is 5.88 Å². The molecule has 27 heavy (non-hydrogen) atoms. The van der Waals surface area contributed by atoms with Gasteiger partial charge in [-0.05, 0) is 43.2 Å². The first-order valence-electron chi connectivity index (χ1n) is 8.77. The molecule has 2 aromatic heterocycles. The Morgan fingerprint density at radius 2 is 1.93 bits per heavy atom. The third-order valence-corrected chi connectivity index (χ3v) is 4.12. The molecule has 0 amide bonds. The molecule has 0 saturated carbocycles. The lowest BCUT2D eigenvalue weighted by Crippen LogP contribution is -2.05. The van der Waals surface area contributed by atoms with Crippen LogP contribution in [0.5, 0.6) is 5.88 Å². The molecule has 0 radical (unpaired) electrons. The van der Waals surface area contributed by atoms with Crippen LogP contribution in [0.2, 0.25) is 0 Å². The smallest absolute Gasteiger partial charge is 0.213 e. The lowest BCUT2D eigenvalue weighted by molar-refractivity contribution is 0.0967. The monoisotopic (exact) mass is 368 g/mol. The Hall–Kier alpha value is -3.02. The van der Waals surface area contributed by atoms with E-state index < -0.39 is 0 Å². The van der Waals surface area contributed by atoms with Crippen molar-refractivity contribution in [2.75, 3.05) is 0 Å². The molecule has 0 N–H and O–H groups in total. The summed E-state index contributed by atoms with van der Waals surface area (Å²) in [6, 6.07) is 9.42. The van der Waals surface area contributed by atoms with Gasteiger partial charge in [-0.3, -0.25) is 4.79 Å². The zero-order chi connectivity index (χ0) is 19.4. The van der Waals surface area contributed by atoms with Crippen molar-refractivity contribution in [2.24, 2.45) is 5.92 Å². The summed E-state index contributed by atoms with van der Waals surface area (Å²) in [7, 11) is 0. The van der Waals surface area contributed by atoms with Gasteiger partial charge in [-0.1, -0.05) is 19.0 Å². The van der Waals surface area contributed by atoms with Gasteiger partial charge in [0, 0.05) is 29.8 Å². The third-order valence-electron chi connectivity index (χ3n) is 4.12. The number of halogens is 1. The van der Waals surface area contributed by atoms with Gasteiger partial charge in [-0.15, -0.1) is 0 Å². The average Bonchev–Trinajstić information content (AvgIpc) is 3.01. The van der Waals surface area contributed by atoms with Crippen LogP contribution in [0.15, 0.2) is 47.1 Å². The predicted molar refractivity (Wildman–Crippen MR) is 99.0 cm³/mol. The third kappa shape index (κ3) is 4.58. The van der Waals surface area contributed by atoms with Gasteiger partial charge in [-0.2, -0.15) is 0 Å². The van der Waals surface area contributed by atoms with E-state index in [-0.39, 0.29) is 18.2 Å². The Bertz CT molecular complexity index is 916. The summed E-state index contributed by atoms with van der Waals surface area (Å²) >= 11 is 0. The minimum Gasteiger partial charge on any atom is -0.473 e. The summed E-state index contributed by atoms with van der Waals surface area (Å²) < 4.78 is 24.1. The van der Waals surface area contributed by atoms with E-state index in [1.807, 2.05) is 13.8 Å². The summed E-state index contributed by atoms with van der Waals surface area (Å²) in [5.41, 5.74) is 2.69. The van der Waals surface area contributed by atoms with Crippen LogP contribution in [0.1, 0.15) is 41.9 Å². The SMILES string of the molecule is Cc1onc(-c2ccc(F)cc2)c1COc1ccc(C(=O)CC(C)C)cn1. The van der Waals surface area contributed by atoms with E-state index in [1.165, 1.54) is 18.3 Å². The molecule has 2 heterocycles. The molecular weight excluding hydrogens is 347 g/mol. The highest BCUT2D eigenvalue weighted by atomic mass is 19.1. The standard InChI is InChI=1S/C21H21FN2O3/c1-13(2)10-19(25)16-6-9-20(23-11-16)26-12-18-14(3)27-24-21(18)15-4-7-17(22)8-5-15/h4-9,11,13H,10,12H2,1-3H3. The van der Waals surface area contributed by atoms with Crippen LogP contribution in [-0.2, 0) is 6.61 Å². The van der Waals surface area contributed by atoms with Crippen LogP contribution in [0.25, 0.3) is 11.3 Å². The molecule has 0 aliphatic rings. The number of rotatable bonds is 7. The molecule has 3 aromatic rings. The molecule has 5 nitrogen and oxygen atoms in total. The highest BCUT2D eigenvalue weighted by Crippen LogP contribution is 2.26. The van der Waals surface area contributed by atoms with E-state index in [2.05, 4.69) is 10.1 Å². The van der Waals surface area contributed by atoms with E-state index >= 15 is 0 Å². The molecule has 0 aliphatic heterocycles. The van der Waals surface area contributed by atoms with Gasteiger partial charge in [-0.25, -0.2) is 9.37 Å². The molecule has 0 unspecified atom stereocenters. The van der Waals surface area contributed by atoms with Crippen LogP contribution in [0.3, 0.4) is 0 Å². The van der Waals surface area contributed by atoms with Crippen LogP contribution >= 0.6 is 0 Å². The Morgan fingerprint density at radius 3 is 2.56 bits per heavy atom. The van der Waals surface area contributed by atoms with Gasteiger partial charge in [0.25, 0.3) is 0 Å². The minimum atomic E-state index is -0.312. The van der Waals surface area contributed by atoms with Crippen LogP contribution in [-0.4, -0.2) is 15.9 Å². The average molecular weight is 368 g/mol. The largest absolute Gasteiger partial charge is 0.473 e. The summed E-state index contributed by atoms with van der Waals surface area (Å²) in [5.74, 6) is 1.08. The molecule has 3 rings (SSSR count). The lowest BCUT2D eigenvalue weighted by Gasteiger charge is -2.07. The maximum absolute atomic E-state index is 13.1. The molecule has 1 aromatic carbocycles. The quantitative estimate of drug-likeness (QED) is 0.550. The van der Waals surface area contributed by atoms with Crippen molar-refractivity contribution in [1.29, 1.82) is 0 Å². The van der Waals surface area contributed by atoms with Gasteiger partial charge in [0.15, 0.2) is 5.78 Å². The normalized spacial score (nSPS) is 11.0. The summed E-state index contributed by atoms with van der Waals surface area (Å²) in [6.07, 6.45) is 2.02. The van der Waals surface area contributed by atoms with Crippen LogP contribution < -0.4 is 4.74 Å². The number of ether oxygens (including phenoxy) is 1. The second-order valence-corrected chi connectivity index (χ2v) is 6.77. The second-order valence-electron chi connectivity index (χ2n) is 6.77. The van der Waals surface area contributed by atoms with E-state index in [0.717, 1.165) is 11.1 Å². The Morgan fingerprint density at radius 1 is 1.19 bits per heavy atom. The van der Waals surface area contributed by atoms with Crippen LogP contribution in [0.4, 0.5) is 4.39 Å². The Balaban J connectivity index is 1.71. The number of hydrogen-bond acceptors (Lipinski definition) is 5. The summed E-state index contributed by atoms with van der Waals surface area (Å²) in [5, 5.41) is 4.05. The van der Waals surface area contributed by atoms with Crippen molar-refractivity contribution < 1.29 is 18.4 Å². The molecule has 0 atom stereocenters. The number of nitrogens with zero attached hydrogens (tertiary/aromatic N) is 2. The minimum absolute atomic E-state index is 0.0672. The first-order valence-corrected chi connectivity index (χ1v) is 8.77. The van der Waals surface area contributed by atoms with Gasteiger partial charge < -0.3 is 9.26 Å². The first kappa shape index (κ1) is 18.8. The fourth-order valence-corrected chi connectivity index (χ4v) is 2.66. The Kier molecular flexibility index (Phi) is 5.64. The number of benzene rings is 1. The summed E-state index contributed by atoms with van der Waals surface area (Å²) in [6.45, 7) is 6.00. The molecule has 0 fully saturated rings. The number of hydrogen-bond donors (Lipinski definition) is 0. The van der Waals surface area contributed by atoms with Crippen molar-refractivity contribution in [2.45, 2.75) is 33.8 Å². The van der Waals surface area contributed by atoms with Crippen molar-refractivity contribution in [1.82, 2.24) is 10.1 Å². The number of aryl methyl sites for hydroxylation is 1. The second kappa shape index (κ2) is 8.12. The Labute approximate surface area is 157 Å². The zero-order valence-corrected chi connectivity index (χ0v) is 15.5. The van der Waals surface area contributed by atoms with Gasteiger partial charge in [0.1, 0.15) is 23.9 Å². The number of ketones is 1. The maximum Gasteiger partial charge on any atom is 0.213 e. The highest BCUT2D eigenvalue weighted by molar-refractivity contribution is 5.95. The van der Waals surface area contributed by atoms with Crippen molar-refractivity contribution in [3.63, 3.8) is 0 Å². The highest BCUT2D eigenvalue weighted by Gasteiger charge is 2.16. The molecule has 0 bridgehead atoms. The van der Waals surface area contributed by atoms with E-state index in [9.17, 15) is 9.18 Å². The molecule has 0 saturated heterocycles. The first-order chi connectivity index (χ1) is 12.9. The topological polar surface area (TPSA) is 65.2 Å². The van der Waals surface area contributed by atoms with E-state index in [0.29, 0.717) is 35.2 Å². The molecule has 140 valence electrons. The number of aromatic nitrogens is 2. The van der Waals surface area contributed by atoms with Crippen LogP contribution in [0, 0.1) is 18.7 Å². The zero-order valence-electron chi connectivity index (χ0n) is 15.5. The van der Waals surface area contributed by atoms with Gasteiger partial charge in [0.05, 0.1) is 5.56 Å². The number of carbonyl (C=O) groups excluding carboxylic acids is 1.